The first-order chi connectivity index (χ1) is 8.75. The number of primary amides is 1. The molecule has 88 valence electrons. The maximum absolute atomic E-state index is 11.3. The van der Waals surface area contributed by atoms with Crippen LogP contribution in [0.1, 0.15) is 10.4 Å². The van der Waals surface area contributed by atoms with Gasteiger partial charge in [0.15, 0.2) is 0 Å². The van der Waals surface area contributed by atoms with E-state index in [0.717, 1.165) is 16.9 Å². The highest BCUT2D eigenvalue weighted by molar-refractivity contribution is 6.04. The number of carbonyl (C=O) groups excluding carboxylic acids is 1. The summed E-state index contributed by atoms with van der Waals surface area (Å²) in [4.78, 5) is 19.0. The zero-order valence-corrected chi connectivity index (χ0v) is 9.55. The third-order valence-corrected chi connectivity index (χ3v) is 2.83. The molecule has 3 N–H and O–H groups in total. The summed E-state index contributed by atoms with van der Waals surface area (Å²) in [5.41, 5.74) is 8.17. The van der Waals surface area contributed by atoms with Crippen LogP contribution in [0.2, 0.25) is 0 Å². The van der Waals surface area contributed by atoms with Crippen molar-refractivity contribution in [1.29, 1.82) is 0 Å². The summed E-state index contributed by atoms with van der Waals surface area (Å²) in [6.45, 7) is 0. The van der Waals surface area contributed by atoms with Crippen molar-refractivity contribution in [3.05, 3.63) is 54.1 Å². The molecule has 1 heterocycles. The predicted octanol–water partition coefficient (Wildman–Crippen LogP) is 2.33. The number of imidazole rings is 1. The van der Waals surface area contributed by atoms with Crippen molar-refractivity contribution in [2.45, 2.75) is 0 Å². The van der Waals surface area contributed by atoms with E-state index >= 15 is 0 Å². The van der Waals surface area contributed by atoms with Crippen LogP contribution in [0.4, 0.5) is 0 Å². The summed E-state index contributed by atoms with van der Waals surface area (Å²) < 4.78 is 0. The van der Waals surface area contributed by atoms with E-state index in [9.17, 15) is 4.79 Å². The Kier molecular flexibility index (Phi) is 2.34. The predicted molar refractivity (Wildman–Crippen MR) is 70.0 cm³/mol. The molecule has 0 unspecified atom stereocenters. The monoisotopic (exact) mass is 237 g/mol. The quantitative estimate of drug-likeness (QED) is 0.718. The van der Waals surface area contributed by atoms with E-state index < -0.39 is 5.91 Å². The molecule has 0 bridgehead atoms. The molecule has 3 aromatic rings. The lowest BCUT2D eigenvalue weighted by atomic mass is 10.2. The first-order valence-electron chi connectivity index (χ1n) is 5.59. The van der Waals surface area contributed by atoms with Crippen molar-refractivity contribution in [1.82, 2.24) is 9.97 Å². The minimum atomic E-state index is -0.466. The average Bonchev–Trinajstić information content (AvgIpc) is 2.83. The number of nitrogens with zero attached hydrogens (tertiary/aromatic N) is 1. The molecular weight excluding hydrogens is 226 g/mol. The number of aromatic nitrogens is 2. The van der Waals surface area contributed by atoms with Crippen LogP contribution >= 0.6 is 0 Å². The fourth-order valence-electron chi connectivity index (χ4n) is 1.96. The second kappa shape index (κ2) is 4.00. The lowest BCUT2D eigenvalue weighted by Gasteiger charge is -1.94. The van der Waals surface area contributed by atoms with Gasteiger partial charge in [-0.15, -0.1) is 0 Å². The van der Waals surface area contributed by atoms with Gasteiger partial charge in [0, 0.05) is 5.56 Å². The van der Waals surface area contributed by atoms with E-state index in [1.165, 1.54) is 0 Å². The summed E-state index contributed by atoms with van der Waals surface area (Å²) in [5, 5.41) is 0. The Labute approximate surface area is 103 Å². The zero-order chi connectivity index (χ0) is 12.5. The van der Waals surface area contributed by atoms with Gasteiger partial charge in [-0.05, 0) is 12.1 Å². The molecule has 4 nitrogen and oxygen atoms in total. The number of nitrogens with two attached hydrogens (primary N) is 1. The fourth-order valence-corrected chi connectivity index (χ4v) is 1.96. The zero-order valence-electron chi connectivity index (χ0n) is 9.55. The number of hydrogen-bond donors (Lipinski definition) is 2. The minimum Gasteiger partial charge on any atom is -0.366 e. The largest absolute Gasteiger partial charge is 0.366 e. The smallest absolute Gasteiger partial charge is 0.250 e. The van der Waals surface area contributed by atoms with Gasteiger partial charge in [-0.3, -0.25) is 4.79 Å². The highest BCUT2D eigenvalue weighted by Crippen LogP contribution is 2.22. The number of para-hydroxylation sites is 1. The number of nitrogens with one attached hydrogen (secondary N) is 1. The van der Waals surface area contributed by atoms with Crippen molar-refractivity contribution in [3.63, 3.8) is 0 Å². The molecule has 0 aliphatic carbocycles. The van der Waals surface area contributed by atoms with Crippen LogP contribution in [0.25, 0.3) is 22.4 Å². The van der Waals surface area contributed by atoms with Gasteiger partial charge >= 0.3 is 0 Å². The van der Waals surface area contributed by atoms with Gasteiger partial charge in [0.1, 0.15) is 11.3 Å². The molecule has 0 aliphatic rings. The Balaban J connectivity index is 2.23. The number of carbonyl (C=O) groups is 1. The highest BCUT2D eigenvalue weighted by Gasteiger charge is 2.11. The Bertz CT molecular complexity index is 716. The molecule has 0 atom stereocenters. The van der Waals surface area contributed by atoms with E-state index in [1.54, 1.807) is 12.1 Å². The van der Waals surface area contributed by atoms with Crippen LogP contribution in [0, 0.1) is 0 Å². The van der Waals surface area contributed by atoms with Crippen LogP contribution in [0.15, 0.2) is 48.5 Å². The lowest BCUT2D eigenvalue weighted by Crippen LogP contribution is -2.11. The maximum Gasteiger partial charge on any atom is 0.250 e. The Morgan fingerprint density at radius 1 is 1.06 bits per heavy atom. The number of hydrogen-bond acceptors (Lipinski definition) is 2. The van der Waals surface area contributed by atoms with Crippen LogP contribution in [-0.4, -0.2) is 15.9 Å². The van der Waals surface area contributed by atoms with E-state index in [4.69, 9.17) is 5.73 Å². The van der Waals surface area contributed by atoms with Gasteiger partial charge in [0.2, 0.25) is 0 Å². The first kappa shape index (κ1) is 10.5. The Morgan fingerprint density at radius 2 is 1.83 bits per heavy atom. The van der Waals surface area contributed by atoms with Gasteiger partial charge in [0.05, 0.1) is 11.1 Å². The van der Waals surface area contributed by atoms with Crippen molar-refractivity contribution < 1.29 is 4.79 Å². The summed E-state index contributed by atoms with van der Waals surface area (Å²) >= 11 is 0. The van der Waals surface area contributed by atoms with E-state index in [0.29, 0.717) is 11.1 Å². The van der Waals surface area contributed by atoms with Gasteiger partial charge in [-0.2, -0.15) is 0 Å². The topological polar surface area (TPSA) is 71.8 Å². The van der Waals surface area contributed by atoms with E-state index in [-0.39, 0.29) is 0 Å². The summed E-state index contributed by atoms with van der Waals surface area (Å²) in [5.74, 6) is 0.269. The molecule has 0 saturated heterocycles. The van der Waals surface area contributed by atoms with Crippen LogP contribution in [0.5, 0.6) is 0 Å². The van der Waals surface area contributed by atoms with E-state index in [2.05, 4.69) is 9.97 Å². The van der Waals surface area contributed by atoms with E-state index in [1.807, 2.05) is 36.4 Å². The fraction of sp³-hybridized carbons (Fsp3) is 0. The van der Waals surface area contributed by atoms with Gasteiger partial charge in [-0.1, -0.05) is 36.4 Å². The molecule has 0 saturated carbocycles. The minimum absolute atomic E-state index is 0.436. The molecule has 0 aliphatic heterocycles. The number of aromatic amines is 1. The molecule has 3 rings (SSSR count). The van der Waals surface area contributed by atoms with Crippen molar-refractivity contribution in [2.24, 2.45) is 5.73 Å². The van der Waals surface area contributed by atoms with Gasteiger partial charge in [-0.25, -0.2) is 4.98 Å². The Hall–Kier alpha value is -2.62. The normalized spacial score (nSPS) is 10.7. The summed E-state index contributed by atoms with van der Waals surface area (Å²) in [6, 6.07) is 15.1. The molecule has 2 aromatic carbocycles. The van der Waals surface area contributed by atoms with Crippen LogP contribution in [-0.2, 0) is 0 Å². The number of benzene rings is 2. The third kappa shape index (κ3) is 1.64. The first-order valence-corrected chi connectivity index (χ1v) is 5.59. The van der Waals surface area contributed by atoms with Crippen LogP contribution < -0.4 is 5.73 Å². The lowest BCUT2D eigenvalue weighted by molar-refractivity contribution is 0.100. The molecular formula is C14H11N3O. The summed E-state index contributed by atoms with van der Waals surface area (Å²) in [7, 11) is 0. The maximum atomic E-state index is 11.3. The van der Waals surface area contributed by atoms with Crippen molar-refractivity contribution >= 4 is 16.9 Å². The molecule has 1 amide bonds. The molecule has 0 radical (unpaired) electrons. The molecule has 0 fully saturated rings. The third-order valence-electron chi connectivity index (χ3n) is 2.83. The number of amides is 1. The number of rotatable bonds is 2. The van der Waals surface area contributed by atoms with Gasteiger partial charge < -0.3 is 10.7 Å². The molecule has 0 spiro atoms. The summed E-state index contributed by atoms with van der Waals surface area (Å²) in [6.07, 6.45) is 0. The highest BCUT2D eigenvalue weighted by atomic mass is 16.1. The molecule has 4 heteroatoms. The number of H-pyrrole nitrogens is 1. The Morgan fingerprint density at radius 3 is 2.56 bits per heavy atom. The molecule has 1 aromatic heterocycles. The van der Waals surface area contributed by atoms with Crippen LogP contribution in [0.3, 0.4) is 0 Å². The van der Waals surface area contributed by atoms with Crippen molar-refractivity contribution in [3.8, 4) is 11.4 Å². The second-order valence-electron chi connectivity index (χ2n) is 4.02. The standard InChI is InChI=1S/C14H11N3O/c15-13(18)10-7-4-8-11-12(10)17-14(16-11)9-5-2-1-3-6-9/h1-8H,(H2,15,18)(H,16,17). The van der Waals surface area contributed by atoms with Crippen molar-refractivity contribution in [2.75, 3.05) is 0 Å². The van der Waals surface area contributed by atoms with Gasteiger partial charge in [0.25, 0.3) is 5.91 Å². The second-order valence-corrected chi connectivity index (χ2v) is 4.02. The number of fused-ring (bicyclic) bond motifs is 1. The average molecular weight is 237 g/mol. The SMILES string of the molecule is NC(=O)c1cccc2[nH]c(-c3ccccc3)nc12. The molecule has 18 heavy (non-hydrogen) atoms.